The molecule has 0 unspecified atom stereocenters. The van der Waals surface area contributed by atoms with E-state index < -0.39 is 23.7 Å². The first-order valence-corrected chi connectivity index (χ1v) is 6.48. The Kier molecular flexibility index (Phi) is 4.90. The number of aliphatic hydroxyl groups is 2. The number of amides is 1. The quantitative estimate of drug-likeness (QED) is 0.793. The molecule has 1 aromatic carbocycles. The van der Waals surface area contributed by atoms with Crippen LogP contribution in [0.3, 0.4) is 0 Å². The van der Waals surface area contributed by atoms with Crippen molar-refractivity contribution in [3.05, 3.63) is 34.3 Å². The summed E-state index contributed by atoms with van der Waals surface area (Å²) >= 11 is 3.31. The van der Waals surface area contributed by atoms with Crippen LogP contribution in [0, 0.1) is 0 Å². The average molecular weight is 316 g/mol. The highest BCUT2D eigenvalue weighted by atomic mass is 79.9. The third kappa shape index (κ3) is 4.08. The molecule has 0 fully saturated rings. The Balaban J connectivity index is 2.70. The maximum absolute atomic E-state index is 11.6. The zero-order valence-electron chi connectivity index (χ0n) is 10.6. The highest BCUT2D eigenvalue weighted by Crippen LogP contribution is 2.19. The lowest BCUT2D eigenvalue weighted by Gasteiger charge is -2.24. The van der Waals surface area contributed by atoms with E-state index in [1.807, 2.05) is 12.1 Å². The van der Waals surface area contributed by atoms with Crippen LogP contribution in [0.25, 0.3) is 0 Å². The van der Waals surface area contributed by atoms with Crippen molar-refractivity contribution in [1.82, 2.24) is 5.32 Å². The van der Waals surface area contributed by atoms with Gasteiger partial charge in [0.05, 0.1) is 12.1 Å². The van der Waals surface area contributed by atoms with Gasteiger partial charge in [0, 0.05) is 4.47 Å². The van der Waals surface area contributed by atoms with Crippen LogP contribution in [0.1, 0.15) is 32.4 Å². The lowest BCUT2D eigenvalue weighted by atomic mass is 10.0. The molecule has 0 aliphatic heterocycles. The van der Waals surface area contributed by atoms with Gasteiger partial charge in [0.1, 0.15) is 5.60 Å². The summed E-state index contributed by atoms with van der Waals surface area (Å²) in [6, 6.07) is 6.72. The minimum Gasteiger partial charge on any atom is -0.386 e. The number of hydrogen-bond acceptors (Lipinski definition) is 3. The summed E-state index contributed by atoms with van der Waals surface area (Å²) in [5.74, 6) is -0.508. The molecule has 2 atom stereocenters. The van der Waals surface area contributed by atoms with Crippen molar-refractivity contribution in [3.63, 3.8) is 0 Å². The summed E-state index contributed by atoms with van der Waals surface area (Å²) in [4.78, 5) is 11.6. The Morgan fingerprint density at radius 2 is 1.83 bits per heavy atom. The second kappa shape index (κ2) is 5.82. The Morgan fingerprint density at radius 3 is 2.28 bits per heavy atom. The summed E-state index contributed by atoms with van der Waals surface area (Å²) in [5, 5.41) is 22.2. The molecule has 1 aromatic rings. The summed E-state index contributed by atoms with van der Waals surface area (Å²) in [7, 11) is 0. The molecular formula is C13H18BrNO3. The lowest BCUT2D eigenvalue weighted by Crippen LogP contribution is -2.47. The van der Waals surface area contributed by atoms with Crippen LogP contribution in [-0.4, -0.2) is 27.8 Å². The van der Waals surface area contributed by atoms with Gasteiger partial charge in [0.2, 0.25) is 0 Å². The lowest BCUT2D eigenvalue weighted by molar-refractivity contribution is -0.137. The van der Waals surface area contributed by atoms with Gasteiger partial charge in [-0.2, -0.15) is 0 Å². The number of benzene rings is 1. The Bertz CT molecular complexity index is 411. The van der Waals surface area contributed by atoms with Crippen LogP contribution in [-0.2, 0) is 4.79 Å². The number of carbonyl (C=O) groups is 1. The predicted octanol–water partition coefficient (Wildman–Crippen LogP) is 1.76. The molecule has 0 radical (unpaired) electrons. The molecule has 0 aliphatic carbocycles. The molecule has 0 aliphatic rings. The second-order valence-corrected chi connectivity index (χ2v) is 5.73. The highest BCUT2D eigenvalue weighted by molar-refractivity contribution is 9.10. The minimum atomic E-state index is -1.45. The number of carbonyl (C=O) groups excluding carboxylic acids is 1. The van der Waals surface area contributed by atoms with Crippen molar-refractivity contribution in [1.29, 1.82) is 0 Å². The van der Waals surface area contributed by atoms with E-state index in [9.17, 15) is 15.0 Å². The largest absolute Gasteiger partial charge is 0.386 e. The van der Waals surface area contributed by atoms with E-state index in [1.165, 1.54) is 13.8 Å². The molecule has 5 heteroatoms. The molecule has 0 spiro atoms. The van der Waals surface area contributed by atoms with Gasteiger partial charge < -0.3 is 15.5 Å². The van der Waals surface area contributed by atoms with Gasteiger partial charge in [-0.25, -0.2) is 0 Å². The fourth-order valence-electron chi connectivity index (χ4n) is 1.41. The molecule has 1 rings (SSSR count). The number of rotatable bonds is 4. The molecule has 0 bridgehead atoms. The van der Waals surface area contributed by atoms with E-state index >= 15 is 0 Å². The Morgan fingerprint density at radius 1 is 1.33 bits per heavy atom. The van der Waals surface area contributed by atoms with Gasteiger partial charge in [-0.1, -0.05) is 28.1 Å². The predicted molar refractivity (Wildman–Crippen MR) is 73.0 cm³/mol. The molecule has 0 saturated heterocycles. The van der Waals surface area contributed by atoms with Crippen LogP contribution >= 0.6 is 15.9 Å². The molecule has 0 heterocycles. The molecule has 0 saturated carbocycles. The fraction of sp³-hybridized carbons (Fsp3) is 0.462. The Hall–Kier alpha value is -0.910. The van der Waals surface area contributed by atoms with Gasteiger partial charge in [0.15, 0.2) is 0 Å². The SMILES string of the molecule is C[C@H](NC(=O)C(C)(C)O)[C@H](O)c1ccc(Br)cc1. The first kappa shape index (κ1) is 15.1. The average Bonchev–Trinajstić information content (AvgIpc) is 2.27. The van der Waals surface area contributed by atoms with Crippen LogP contribution in [0.5, 0.6) is 0 Å². The topological polar surface area (TPSA) is 69.6 Å². The normalized spacial score (nSPS) is 15.0. The van der Waals surface area contributed by atoms with E-state index in [-0.39, 0.29) is 0 Å². The molecule has 4 nitrogen and oxygen atoms in total. The standard InChI is InChI=1S/C13H18BrNO3/c1-8(15-12(17)13(2,3)18)11(16)9-4-6-10(14)7-5-9/h4-8,11,16,18H,1-3H3,(H,15,17)/t8-,11-/m0/s1. The first-order valence-electron chi connectivity index (χ1n) is 5.68. The van der Waals surface area contributed by atoms with Crippen molar-refractivity contribution < 1.29 is 15.0 Å². The van der Waals surface area contributed by atoms with E-state index in [4.69, 9.17) is 0 Å². The summed E-state index contributed by atoms with van der Waals surface area (Å²) in [6.45, 7) is 4.50. The van der Waals surface area contributed by atoms with E-state index in [0.717, 1.165) is 4.47 Å². The third-order valence-electron chi connectivity index (χ3n) is 2.60. The maximum atomic E-state index is 11.6. The van der Waals surface area contributed by atoms with Crippen LogP contribution in [0.4, 0.5) is 0 Å². The number of halogens is 1. The zero-order chi connectivity index (χ0) is 13.9. The van der Waals surface area contributed by atoms with E-state index in [2.05, 4.69) is 21.2 Å². The van der Waals surface area contributed by atoms with Crippen molar-refractivity contribution in [2.24, 2.45) is 0 Å². The van der Waals surface area contributed by atoms with Crippen molar-refractivity contribution in [2.45, 2.75) is 38.5 Å². The van der Waals surface area contributed by atoms with Crippen LogP contribution < -0.4 is 5.32 Å². The van der Waals surface area contributed by atoms with Crippen molar-refractivity contribution in [2.75, 3.05) is 0 Å². The monoisotopic (exact) mass is 315 g/mol. The molecule has 0 aromatic heterocycles. The van der Waals surface area contributed by atoms with Crippen LogP contribution in [0.2, 0.25) is 0 Å². The number of aliphatic hydroxyl groups excluding tert-OH is 1. The van der Waals surface area contributed by atoms with E-state index in [1.54, 1.807) is 19.1 Å². The molecule has 18 heavy (non-hydrogen) atoms. The van der Waals surface area contributed by atoms with Gasteiger partial charge >= 0.3 is 0 Å². The van der Waals surface area contributed by atoms with Gasteiger partial charge in [0.25, 0.3) is 5.91 Å². The fourth-order valence-corrected chi connectivity index (χ4v) is 1.68. The second-order valence-electron chi connectivity index (χ2n) is 4.82. The maximum Gasteiger partial charge on any atom is 0.251 e. The molecule has 1 amide bonds. The zero-order valence-corrected chi connectivity index (χ0v) is 12.2. The number of nitrogens with one attached hydrogen (secondary N) is 1. The van der Waals surface area contributed by atoms with Crippen molar-refractivity contribution >= 4 is 21.8 Å². The number of hydrogen-bond donors (Lipinski definition) is 3. The van der Waals surface area contributed by atoms with Gasteiger partial charge in [-0.15, -0.1) is 0 Å². The smallest absolute Gasteiger partial charge is 0.251 e. The minimum absolute atomic E-state index is 0.481. The van der Waals surface area contributed by atoms with Gasteiger partial charge in [-0.05, 0) is 38.5 Å². The molecule has 100 valence electrons. The van der Waals surface area contributed by atoms with Gasteiger partial charge in [-0.3, -0.25) is 4.79 Å². The third-order valence-corrected chi connectivity index (χ3v) is 3.13. The molecular weight excluding hydrogens is 298 g/mol. The van der Waals surface area contributed by atoms with Crippen LogP contribution in [0.15, 0.2) is 28.7 Å². The molecule has 3 N–H and O–H groups in total. The van der Waals surface area contributed by atoms with Crippen molar-refractivity contribution in [3.8, 4) is 0 Å². The van der Waals surface area contributed by atoms with E-state index in [0.29, 0.717) is 5.56 Å². The first-order chi connectivity index (χ1) is 8.21. The summed E-state index contributed by atoms with van der Waals surface area (Å²) < 4.78 is 0.923. The highest BCUT2D eigenvalue weighted by Gasteiger charge is 2.27. The summed E-state index contributed by atoms with van der Waals surface area (Å²) in [6.07, 6.45) is -0.815. The summed E-state index contributed by atoms with van der Waals surface area (Å²) in [5.41, 5.74) is -0.741. The Labute approximate surface area is 115 Å².